The van der Waals surface area contributed by atoms with Crippen molar-refractivity contribution in [2.75, 3.05) is 29.9 Å². The third-order valence-corrected chi connectivity index (χ3v) is 6.43. The van der Waals surface area contributed by atoms with Gasteiger partial charge in [0.25, 0.3) is 0 Å². The van der Waals surface area contributed by atoms with Crippen LogP contribution in [0.15, 0.2) is 24.7 Å². The van der Waals surface area contributed by atoms with Gasteiger partial charge in [0.15, 0.2) is 5.82 Å². The van der Waals surface area contributed by atoms with Gasteiger partial charge in [-0.3, -0.25) is 9.78 Å². The van der Waals surface area contributed by atoms with Gasteiger partial charge in [0, 0.05) is 67.1 Å². The molecule has 2 N–H and O–H groups in total. The average molecular weight is 497 g/mol. The summed E-state index contributed by atoms with van der Waals surface area (Å²) in [5, 5.41) is 6.16. The number of aromatic nitrogens is 3. The Balaban J connectivity index is 0.000000201. The first-order valence-electron chi connectivity index (χ1n) is 12.9. The Labute approximate surface area is 214 Å². The first-order chi connectivity index (χ1) is 17.1. The Hall–Kier alpha value is -3.00. The standard InChI is InChI=1S/C15H25N3.C13H16FN3O/c1-5-6-13-12(2)16-8-7-14(13)18-10-9-17-15(3,4)11-18;1-4-5-11(18)16-10-7-17-6-8(2)15-13(17)9(3)12(10)14/h7-8,17H,5-6,9-11H2,1-4H3;6-7H,4-5H2,1-3H3,(H,16,18). The minimum atomic E-state index is -0.419. The molecule has 0 radical (unpaired) electrons. The van der Waals surface area contributed by atoms with Crippen LogP contribution in [-0.4, -0.2) is 45.4 Å². The molecule has 0 bridgehead atoms. The van der Waals surface area contributed by atoms with E-state index in [1.165, 1.54) is 23.4 Å². The van der Waals surface area contributed by atoms with Gasteiger partial charge in [-0.25, -0.2) is 9.37 Å². The van der Waals surface area contributed by atoms with Crippen molar-refractivity contribution in [3.8, 4) is 0 Å². The first kappa shape index (κ1) is 27.6. The van der Waals surface area contributed by atoms with E-state index in [9.17, 15) is 9.18 Å². The summed E-state index contributed by atoms with van der Waals surface area (Å²) in [6.07, 6.45) is 8.73. The van der Waals surface area contributed by atoms with E-state index in [4.69, 9.17) is 0 Å². The molecule has 1 amide bonds. The molecule has 7 nitrogen and oxygen atoms in total. The number of fused-ring (bicyclic) bond motifs is 1. The Bertz CT molecular complexity index is 1200. The number of carbonyl (C=O) groups excluding carboxylic acids is 1. The van der Waals surface area contributed by atoms with E-state index in [-0.39, 0.29) is 17.1 Å². The predicted octanol–water partition coefficient (Wildman–Crippen LogP) is 5.36. The van der Waals surface area contributed by atoms with E-state index in [1.54, 1.807) is 23.7 Å². The number of rotatable bonds is 6. The minimum Gasteiger partial charge on any atom is -0.368 e. The topological polar surface area (TPSA) is 74.6 Å². The lowest BCUT2D eigenvalue weighted by atomic mass is 9.99. The SMILES string of the molecule is CCCC(=O)Nc1cn2cc(C)nc2c(C)c1F.CCCc1c(N2CCNC(C)(C)C2)ccnc1C. The summed E-state index contributed by atoms with van der Waals surface area (Å²) in [5.41, 5.74) is 6.24. The van der Waals surface area contributed by atoms with Gasteiger partial charge in [-0.2, -0.15) is 0 Å². The third-order valence-electron chi connectivity index (χ3n) is 6.43. The van der Waals surface area contributed by atoms with Gasteiger partial charge in [-0.15, -0.1) is 0 Å². The maximum absolute atomic E-state index is 14.1. The van der Waals surface area contributed by atoms with E-state index in [2.05, 4.69) is 59.3 Å². The Kier molecular flexibility index (Phi) is 9.06. The highest BCUT2D eigenvalue weighted by Gasteiger charge is 2.27. The zero-order valence-electron chi connectivity index (χ0n) is 22.8. The molecule has 0 aromatic carbocycles. The smallest absolute Gasteiger partial charge is 0.224 e. The van der Waals surface area contributed by atoms with Gasteiger partial charge in [0.1, 0.15) is 5.65 Å². The fraction of sp³-hybridized carbons (Fsp3) is 0.536. The molecule has 1 aliphatic heterocycles. The van der Waals surface area contributed by atoms with Crippen molar-refractivity contribution in [3.63, 3.8) is 0 Å². The molecule has 0 aliphatic carbocycles. The molecular formula is C28H41FN6O. The maximum Gasteiger partial charge on any atom is 0.224 e. The van der Waals surface area contributed by atoms with E-state index in [1.807, 2.05) is 20.0 Å². The normalized spacial score (nSPS) is 14.9. The predicted molar refractivity (Wildman–Crippen MR) is 145 cm³/mol. The van der Waals surface area contributed by atoms with Gasteiger partial charge >= 0.3 is 0 Å². The second kappa shape index (κ2) is 11.8. The molecule has 0 saturated carbocycles. The van der Waals surface area contributed by atoms with E-state index in [0.29, 0.717) is 17.6 Å². The third kappa shape index (κ3) is 6.60. The van der Waals surface area contributed by atoms with Crippen molar-refractivity contribution in [2.24, 2.45) is 0 Å². The lowest BCUT2D eigenvalue weighted by molar-refractivity contribution is -0.116. The number of pyridine rings is 2. The summed E-state index contributed by atoms with van der Waals surface area (Å²) in [5.74, 6) is -0.593. The minimum absolute atomic E-state index is 0.174. The molecular weight excluding hydrogens is 455 g/mol. The van der Waals surface area contributed by atoms with Crippen LogP contribution >= 0.6 is 0 Å². The van der Waals surface area contributed by atoms with Crippen LogP contribution in [0, 0.1) is 26.6 Å². The van der Waals surface area contributed by atoms with Crippen LogP contribution in [0.2, 0.25) is 0 Å². The Morgan fingerprint density at radius 1 is 1.19 bits per heavy atom. The number of aryl methyl sites for hydroxylation is 3. The summed E-state index contributed by atoms with van der Waals surface area (Å²) in [6.45, 7) is 17.5. The quantitative estimate of drug-likeness (QED) is 0.481. The molecule has 196 valence electrons. The van der Waals surface area contributed by atoms with Crippen molar-refractivity contribution >= 4 is 22.9 Å². The Morgan fingerprint density at radius 2 is 1.94 bits per heavy atom. The summed E-state index contributed by atoms with van der Waals surface area (Å²) in [4.78, 5) is 22.7. The number of hydrogen-bond donors (Lipinski definition) is 2. The van der Waals surface area contributed by atoms with Crippen LogP contribution in [0.5, 0.6) is 0 Å². The number of carbonyl (C=O) groups is 1. The van der Waals surface area contributed by atoms with E-state index in [0.717, 1.165) is 38.2 Å². The molecule has 3 aromatic heterocycles. The van der Waals surface area contributed by atoms with Crippen molar-refractivity contribution in [3.05, 3.63) is 53.0 Å². The fourth-order valence-electron chi connectivity index (χ4n) is 4.70. The van der Waals surface area contributed by atoms with Crippen molar-refractivity contribution < 1.29 is 9.18 Å². The molecule has 1 aliphatic rings. The molecule has 0 atom stereocenters. The summed E-state index contributed by atoms with van der Waals surface area (Å²) in [6, 6.07) is 2.18. The van der Waals surface area contributed by atoms with Crippen molar-refractivity contribution in [2.45, 2.75) is 79.7 Å². The van der Waals surface area contributed by atoms with Crippen LogP contribution < -0.4 is 15.5 Å². The van der Waals surface area contributed by atoms with Gasteiger partial charge in [-0.05, 0) is 59.1 Å². The lowest BCUT2D eigenvalue weighted by Crippen LogP contribution is -2.57. The summed E-state index contributed by atoms with van der Waals surface area (Å²) < 4.78 is 15.8. The van der Waals surface area contributed by atoms with Crippen molar-refractivity contribution in [1.29, 1.82) is 0 Å². The number of piperazine rings is 1. The fourth-order valence-corrected chi connectivity index (χ4v) is 4.70. The molecule has 1 saturated heterocycles. The molecule has 0 unspecified atom stereocenters. The maximum atomic E-state index is 14.1. The number of halogens is 1. The summed E-state index contributed by atoms with van der Waals surface area (Å²) >= 11 is 0. The molecule has 0 spiro atoms. The number of imidazole rings is 1. The van der Waals surface area contributed by atoms with Crippen LogP contribution in [0.1, 0.15) is 69.5 Å². The zero-order chi connectivity index (χ0) is 26.5. The van der Waals surface area contributed by atoms with E-state index >= 15 is 0 Å². The average Bonchev–Trinajstić information content (AvgIpc) is 3.19. The highest BCUT2D eigenvalue weighted by molar-refractivity contribution is 5.91. The monoisotopic (exact) mass is 496 g/mol. The van der Waals surface area contributed by atoms with Crippen LogP contribution in [-0.2, 0) is 11.2 Å². The number of anilines is 2. The molecule has 8 heteroatoms. The molecule has 4 rings (SSSR count). The largest absolute Gasteiger partial charge is 0.368 e. The highest BCUT2D eigenvalue weighted by Crippen LogP contribution is 2.26. The number of nitrogens with zero attached hydrogens (tertiary/aromatic N) is 4. The van der Waals surface area contributed by atoms with Gasteiger partial charge < -0.3 is 19.9 Å². The number of amides is 1. The van der Waals surface area contributed by atoms with Crippen molar-refractivity contribution in [1.82, 2.24) is 19.7 Å². The molecule has 36 heavy (non-hydrogen) atoms. The van der Waals surface area contributed by atoms with Crippen LogP contribution in [0.25, 0.3) is 5.65 Å². The molecule has 1 fully saturated rings. The lowest BCUT2D eigenvalue weighted by Gasteiger charge is -2.41. The van der Waals surface area contributed by atoms with Gasteiger partial charge in [0.2, 0.25) is 5.91 Å². The van der Waals surface area contributed by atoms with Crippen LogP contribution in [0.3, 0.4) is 0 Å². The number of hydrogen-bond acceptors (Lipinski definition) is 5. The van der Waals surface area contributed by atoms with E-state index < -0.39 is 5.82 Å². The van der Waals surface area contributed by atoms with Crippen LogP contribution in [0.4, 0.5) is 15.8 Å². The summed E-state index contributed by atoms with van der Waals surface area (Å²) in [7, 11) is 0. The number of nitrogens with one attached hydrogen (secondary N) is 2. The highest BCUT2D eigenvalue weighted by atomic mass is 19.1. The van der Waals surface area contributed by atoms with Gasteiger partial charge in [-0.1, -0.05) is 20.3 Å². The molecule has 3 aromatic rings. The zero-order valence-corrected chi connectivity index (χ0v) is 22.8. The van der Waals surface area contributed by atoms with Gasteiger partial charge in [0.05, 0.1) is 11.4 Å². The second-order valence-corrected chi connectivity index (χ2v) is 10.3. The second-order valence-electron chi connectivity index (χ2n) is 10.3. The Morgan fingerprint density at radius 3 is 2.61 bits per heavy atom. The first-order valence-corrected chi connectivity index (χ1v) is 12.9. The molecule has 4 heterocycles.